The SMILES string of the molecule is C(=N\Nc1cc(-c2ccccn2)nc(-c2ccccn2)c1)/c1ccc(/C=N/Nc2cc(-c3ccccn3)nc(-c3ccccn3)c2)cc1. The number of rotatable bonds is 10. The average Bonchev–Trinajstić information content (AvgIpc) is 3.17. The third-order valence-electron chi connectivity index (χ3n) is 7.11. The van der Waals surface area contributed by atoms with Crippen LogP contribution in [0.1, 0.15) is 11.1 Å². The van der Waals surface area contributed by atoms with Gasteiger partial charge in [0.25, 0.3) is 0 Å². The number of hydrazone groups is 2. The molecule has 2 N–H and O–H groups in total. The number of nitrogens with one attached hydrogen (secondary N) is 2. The maximum atomic E-state index is 4.79. The Bertz CT molecular complexity index is 1880. The molecule has 0 aliphatic carbocycles. The smallest absolute Gasteiger partial charge is 0.0915 e. The summed E-state index contributed by atoms with van der Waals surface area (Å²) in [6, 6.07) is 38.5. The molecular weight excluding hydrogens is 596 g/mol. The van der Waals surface area contributed by atoms with Gasteiger partial charge < -0.3 is 0 Å². The molecule has 0 atom stereocenters. The van der Waals surface area contributed by atoms with E-state index in [0.717, 1.165) is 68.1 Å². The molecular formula is C38H28N10. The fourth-order valence-corrected chi connectivity index (χ4v) is 4.80. The van der Waals surface area contributed by atoms with Crippen molar-refractivity contribution in [2.75, 3.05) is 10.9 Å². The van der Waals surface area contributed by atoms with Crippen LogP contribution in [0.4, 0.5) is 11.4 Å². The largest absolute Gasteiger partial charge is 0.278 e. The summed E-state index contributed by atoms with van der Waals surface area (Å²) < 4.78 is 0. The van der Waals surface area contributed by atoms with Crippen LogP contribution in [-0.2, 0) is 0 Å². The second-order valence-electron chi connectivity index (χ2n) is 10.5. The van der Waals surface area contributed by atoms with E-state index in [9.17, 15) is 0 Å². The van der Waals surface area contributed by atoms with Gasteiger partial charge in [0.05, 0.1) is 69.4 Å². The number of hydrogen-bond donors (Lipinski definition) is 2. The quantitative estimate of drug-likeness (QED) is 0.118. The van der Waals surface area contributed by atoms with E-state index < -0.39 is 0 Å². The number of nitrogens with zero attached hydrogens (tertiary/aromatic N) is 8. The van der Waals surface area contributed by atoms with Gasteiger partial charge in [-0.15, -0.1) is 0 Å². The molecule has 0 radical (unpaired) electrons. The van der Waals surface area contributed by atoms with E-state index in [4.69, 9.17) is 9.97 Å². The molecule has 1 aromatic carbocycles. The minimum absolute atomic E-state index is 0.724. The van der Waals surface area contributed by atoms with Gasteiger partial charge in [0.15, 0.2) is 0 Å². The van der Waals surface area contributed by atoms with Gasteiger partial charge in [0.2, 0.25) is 0 Å². The predicted molar refractivity (Wildman–Crippen MR) is 190 cm³/mol. The predicted octanol–water partition coefficient (Wildman–Crippen LogP) is 7.62. The first kappa shape index (κ1) is 29.8. The maximum absolute atomic E-state index is 4.79. The Hall–Kier alpha value is -6.94. The van der Waals surface area contributed by atoms with Crippen LogP contribution in [0.15, 0.2) is 156 Å². The van der Waals surface area contributed by atoms with E-state index in [0.29, 0.717) is 0 Å². The van der Waals surface area contributed by atoms with Crippen molar-refractivity contribution in [2.24, 2.45) is 10.2 Å². The van der Waals surface area contributed by atoms with E-state index in [1.807, 2.05) is 121 Å². The summed E-state index contributed by atoms with van der Waals surface area (Å²) in [5, 5.41) is 8.95. The molecule has 6 aromatic heterocycles. The van der Waals surface area contributed by atoms with Gasteiger partial charge in [-0.3, -0.25) is 30.8 Å². The van der Waals surface area contributed by atoms with E-state index in [1.54, 1.807) is 37.2 Å². The number of aromatic nitrogens is 6. The maximum Gasteiger partial charge on any atom is 0.0915 e. The molecule has 0 saturated heterocycles. The lowest BCUT2D eigenvalue weighted by Crippen LogP contribution is -1.97. The first-order valence-electron chi connectivity index (χ1n) is 15.1. The zero-order valence-corrected chi connectivity index (χ0v) is 25.6. The normalized spacial score (nSPS) is 11.2. The van der Waals surface area contributed by atoms with Gasteiger partial charge >= 0.3 is 0 Å². The van der Waals surface area contributed by atoms with Gasteiger partial charge in [-0.25, -0.2) is 9.97 Å². The molecule has 0 unspecified atom stereocenters. The van der Waals surface area contributed by atoms with Crippen LogP contribution in [0.3, 0.4) is 0 Å². The summed E-state index contributed by atoms with van der Waals surface area (Å²) in [5.74, 6) is 0. The highest BCUT2D eigenvalue weighted by atomic mass is 15.3. The molecule has 0 aliphatic heterocycles. The van der Waals surface area contributed by atoms with E-state index in [-0.39, 0.29) is 0 Å². The lowest BCUT2D eigenvalue weighted by molar-refractivity contribution is 1.21. The van der Waals surface area contributed by atoms with E-state index in [1.165, 1.54) is 0 Å². The summed E-state index contributed by atoms with van der Waals surface area (Å²) in [7, 11) is 0. The van der Waals surface area contributed by atoms with Crippen molar-refractivity contribution in [3.05, 3.63) is 157 Å². The van der Waals surface area contributed by atoms with Crippen molar-refractivity contribution < 1.29 is 0 Å². The number of pyridine rings is 6. The van der Waals surface area contributed by atoms with Crippen molar-refractivity contribution in [1.29, 1.82) is 0 Å². The highest BCUT2D eigenvalue weighted by Crippen LogP contribution is 2.26. The van der Waals surface area contributed by atoms with Gasteiger partial charge in [0, 0.05) is 24.8 Å². The van der Waals surface area contributed by atoms with Crippen LogP contribution in [0.2, 0.25) is 0 Å². The minimum atomic E-state index is 0.724. The molecule has 230 valence electrons. The Morgan fingerprint density at radius 2 is 0.688 bits per heavy atom. The average molecular weight is 625 g/mol. The monoisotopic (exact) mass is 624 g/mol. The van der Waals surface area contributed by atoms with E-state index >= 15 is 0 Å². The molecule has 0 spiro atoms. The van der Waals surface area contributed by atoms with Gasteiger partial charge in [-0.1, -0.05) is 48.5 Å². The molecule has 48 heavy (non-hydrogen) atoms. The number of anilines is 2. The van der Waals surface area contributed by atoms with Crippen LogP contribution in [0.5, 0.6) is 0 Å². The number of hydrogen-bond acceptors (Lipinski definition) is 10. The van der Waals surface area contributed by atoms with Gasteiger partial charge in [-0.2, -0.15) is 10.2 Å². The second kappa shape index (κ2) is 14.4. The molecule has 7 rings (SSSR count). The molecule has 0 aliphatic rings. The van der Waals surface area contributed by atoms with Crippen molar-refractivity contribution in [2.45, 2.75) is 0 Å². The van der Waals surface area contributed by atoms with Crippen LogP contribution >= 0.6 is 0 Å². The number of benzene rings is 1. The van der Waals surface area contributed by atoms with Crippen molar-refractivity contribution in [3.8, 4) is 45.6 Å². The summed E-state index contributed by atoms with van der Waals surface area (Å²) in [6.45, 7) is 0. The molecule has 0 fully saturated rings. The summed E-state index contributed by atoms with van der Waals surface area (Å²) in [6.07, 6.45) is 10.5. The third kappa shape index (κ3) is 7.47. The lowest BCUT2D eigenvalue weighted by atomic mass is 10.1. The van der Waals surface area contributed by atoms with Crippen LogP contribution in [-0.4, -0.2) is 42.3 Å². The molecule has 6 heterocycles. The first-order valence-corrected chi connectivity index (χ1v) is 15.1. The van der Waals surface area contributed by atoms with Crippen molar-refractivity contribution in [1.82, 2.24) is 29.9 Å². The zero-order chi connectivity index (χ0) is 32.4. The Labute approximate surface area is 277 Å². The Morgan fingerprint density at radius 1 is 0.375 bits per heavy atom. The Kier molecular flexibility index (Phi) is 8.95. The Balaban J connectivity index is 1.04. The lowest BCUT2D eigenvalue weighted by Gasteiger charge is -2.08. The highest BCUT2D eigenvalue weighted by Gasteiger charge is 2.10. The molecule has 0 amide bonds. The van der Waals surface area contributed by atoms with Crippen LogP contribution < -0.4 is 10.9 Å². The highest BCUT2D eigenvalue weighted by molar-refractivity contribution is 5.85. The molecule has 0 bridgehead atoms. The summed E-state index contributed by atoms with van der Waals surface area (Å²) in [5.41, 5.74) is 15.6. The van der Waals surface area contributed by atoms with Crippen molar-refractivity contribution in [3.63, 3.8) is 0 Å². The van der Waals surface area contributed by atoms with Gasteiger partial charge in [-0.05, 0) is 83.9 Å². The third-order valence-corrected chi connectivity index (χ3v) is 7.11. The molecule has 10 nitrogen and oxygen atoms in total. The zero-order valence-electron chi connectivity index (χ0n) is 25.6. The van der Waals surface area contributed by atoms with E-state index in [2.05, 4.69) is 41.0 Å². The molecule has 7 aromatic rings. The molecule has 10 heteroatoms. The topological polar surface area (TPSA) is 126 Å². The molecule has 0 saturated carbocycles. The fraction of sp³-hybridized carbons (Fsp3) is 0. The second-order valence-corrected chi connectivity index (χ2v) is 10.5. The summed E-state index contributed by atoms with van der Waals surface area (Å²) in [4.78, 5) is 27.4. The summed E-state index contributed by atoms with van der Waals surface area (Å²) >= 11 is 0. The standard InChI is InChI=1S/C38H28N10/c1-5-17-39-31(9-1)35-21-29(22-36(45-35)32-10-2-6-18-40-32)47-43-25-27-13-15-28(16-14-27)26-44-48-30-23-37(33-11-3-7-19-41-33)46-38(24-30)34-12-4-8-20-42-34/h1-26H,(H,45,47)(H,46,48)/b43-25+,44-26+. The van der Waals surface area contributed by atoms with Gasteiger partial charge in [0.1, 0.15) is 0 Å². The minimum Gasteiger partial charge on any atom is -0.278 e. The van der Waals surface area contributed by atoms with Crippen LogP contribution in [0.25, 0.3) is 45.6 Å². The first-order chi connectivity index (χ1) is 23.8. The van der Waals surface area contributed by atoms with Crippen molar-refractivity contribution >= 4 is 23.8 Å². The fourth-order valence-electron chi connectivity index (χ4n) is 4.80. The Morgan fingerprint density at radius 3 is 0.958 bits per heavy atom. The van der Waals surface area contributed by atoms with Crippen LogP contribution in [0, 0.1) is 0 Å².